The van der Waals surface area contributed by atoms with E-state index in [1.54, 1.807) is 32.7 Å². The van der Waals surface area contributed by atoms with Crippen molar-refractivity contribution in [3.05, 3.63) is 30.6 Å². The fourth-order valence-corrected chi connectivity index (χ4v) is 4.32. The number of amides is 1. The zero-order valence-electron chi connectivity index (χ0n) is 18.3. The monoisotopic (exact) mass is 425 g/mol. The second-order valence-electron chi connectivity index (χ2n) is 8.10. The molecule has 2 aromatic rings. The Kier molecular flexibility index (Phi) is 6.74. The number of nitrogens with zero attached hydrogens (tertiary/aromatic N) is 4. The van der Waals surface area contributed by atoms with Gasteiger partial charge in [0.25, 0.3) is 0 Å². The molecule has 2 fully saturated rings. The highest BCUT2D eigenvalue weighted by Gasteiger charge is 2.27. The van der Waals surface area contributed by atoms with Gasteiger partial charge in [0, 0.05) is 44.2 Å². The normalized spacial score (nSPS) is 17.4. The Morgan fingerprint density at radius 3 is 2.26 bits per heavy atom. The van der Waals surface area contributed by atoms with Crippen molar-refractivity contribution in [1.29, 1.82) is 0 Å². The van der Waals surface area contributed by atoms with E-state index < -0.39 is 0 Å². The maximum atomic E-state index is 12.9. The summed E-state index contributed by atoms with van der Waals surface area (Å²) in [6.45, 7) is 3.71. The van der Waals surface area contributed by atoms with Crippen LogP contribution in [0.25, 0.3) is 0 Å². The number of carbonyl (C=O) groups excluding carboxylic acids is 1. The molecule has 0 bridgehead atoms. The molecule has 2 saturated heterocycles. The lowest BCUT2D eigenvalue weighted by Gasteiger charge is -2.33. The predicted molar refractivity (Wildman–Crippen MR) is 121 cm³/mol. The van der Waals surface area contributed by atoms with Gasteiger partial charge in [0.05, 0.1) is 19.9 Å². The minimum Gasteiger partial charge on any atom is -0.497 e. The van der Waals surface area contributed by atoms with Crippen molar-refractivity contribution in [3.8, 4) is 11.5 Å². The van der Waals surface area contributed by atoms with Gasteiger partial charge in [-0.3, -0.25) is 4.79 Å². The van der Waals surface area contributed by atoms with Crippen molar-refractivity contribution >= 4 is 23.2 Å². The lowest BCUT2D eigenvalue weighted by atomic mass is 9.95. The van der Waals surface area contributed by atoms with Crippen LogP contribution in [0.15, 0.2) is 30.6 Å². The van der Waals surface area contributed by atoms with Crippen molar-refractivity contribution in [2.45, 2.75) is 32.1 Å². The number of carbonyl (C=O) groups is 1. The second-order valence-corrected chi connectivity index (χ2v) is 8.10. The van der Waals surface area contributed by atoms with E-state index in [9.17, 15) is 4.79 Å². The number of hydrogen-bond acceptors (Lipinski definition) is 7. The molecule has 31 heavy (non-hydrogen) atoms. The van der Waals surface area contributed by atoms with E-state index in [4.69, 9.17) is 9.47 Å². The van der Waals surface area contributed by atoms with Crippen molar-refractivity contribution in [2.24, 2.45) is 5.92 Å². The summed E-state index contributed by atoms with van der Waals surface area (Å²) in [6, 6.07) is 7.49. The number of rotatable bonds is 6. The van der Waals surface area contributed by atoms with Crippen LogP contribution in [0.5, 0.6) is 11.5 Å². The summed E-state index contributed by atoms with van der Waals surface area (Å²) in [4.78, 5) is 26.5. The lowest BCUT2D eigenvalue weighted by molar-refractivity contribution is -0.120. The highest BCUT2D eigenvalue weighted by atomic mass is 16.5. The Bertz CT molecular complexity index is 893. The Hall–Kier alpha value is -3.03. The average Bonchev–Trinajstić information content (AvgIpc) is 2.84. The Morgan fingerprint density at radius 1 is 0.935 bits per heavy atom. The molecule has 3 heterocycles. The third kappa shape index (κ3) is 5.00. The first-order valence-corrected chi connectivity index (χ1v) is 11.0. The third-order valence-corrected chi connectivity index (χ3v) is 6.17. The zero-order valence-corrected chi connectivity index (χ0v) is 18.3. The number of hydrogen-bond donors (Lipinski definition) is 1. The number of nitrogens with one attached hydrogen (secondary N) is 1. The van der Waals surface area contributed by atoms with E-state index in [1.807, 2.05) is 6.07 Å². The van der Waals surface area contributed by atoms with E-state index in [0.29, 0.717) is 17.2 Å². The SMILES string of the molecule is COc1ccc(OC)c(NC(=O)C2CCN(c3cc(N4CCCCC4)ncn3)CC2)c1. The Labute approximate surface area is 183 Å². The highest BCUT2D eigenvalue weighted by Crippen LogP contribution is 2.31. The summed E-state index contributed by atoms with van der Waals surface area (Å²) in [7, 11) is 3.20. The molecule has 0 saturated carbocycles. The van der Waals surface area contributed by atoms with Gasteiger partial charge in [0.2, 0.25) is 5.91 Å². The maximum absolute atomic E-state index is 12.9. The quantitative estimate of drug-likeness (QED) is 0.760. The first kappa shape index (κ1) is 21.2. The van der Waals surface area contributed by atoms with Gasteiger partial charge in [-0.1, -0.05) is 0 Å². The topological polar surface area (TPSA) is 79.8 Å². The fraction of sp³-hybridized carbons (Fsp3) is 0.522. The molecule has 1 amide bonds. The maximum Gasteiger partial charge on any atom is 0.227 e. The molecule has 0 spiro atoms. The first-order chi connectivity index (χ1) is 15.2. The zero-order chi connectivity index (χ0) is 21.6. The first-order valence-electron chi connectivity index (χ1n) is 11.0. The third-order valence-electron chi connectivity index (χ3n) is 6.17. The standard InChI is InChI=1S/C23H31N5O3/c1-30-18-6-7-20(31-2)19(14-18)26-23(29)17-8-12-28(13-9-17)22-15-21(24-16-25-22)27-10-4-3-5-11-27/h6-7,14-17H,3-5,8-13H2,1-2H3,(H,26,29). The predicted octanol–water partition coefficient (Wildman–Crippen LogP) is 3.34. The number of ether oxygens (including phenoxy) is 2. The second kappa shape index (κ2) is 9.85. The summed E-state index contributed by atoms with van der Waals surface area (Å²) in [5, 5.41) is 3.02. The molecule has 1 aromatic heterocycles. The number of benzene rings is 1. The molecule has 4 rings (SSSR count). The van der Waals surface area contributed by atoms with E-state index in [1.165, 1.54) is 19.3 Å². The molecule has 2 aliphatic heterocycles. The summed E-state index contributed by atoms with van der Waals surface area (Å²) >= 11 is 0. The van der Waals surface area contributed by atoms with Crippen LogP contribution in [0.3, 0.4) is 0 Å². The minimum atomic E-state index is -0.0458. The van der Waals surface area contributed by atoms with Crippen LogP contribution in [0.2, 0.25) is 0 Å². The number of anilines is 3. The molecule has 8 nitrogen and oxygen atoms in total. The van der Waals surface area contributed by atoms with Gasteiger partial charge < -0.3 is 24.6 Å². The molecule has 1 aromatic carbocycles. The summed E-state index contributed by atoms with van der Waals surface area (Å²) in [6.07, 6.45) is 6.96. The van der Waals surface area contributed by atoms with Crippen molar-refractivity contribution in [1.82, 2.24) is 9.97 Å². The van der Waals surface area contributed by atoms with Crippen LogP contribution in [0, 0.1) is 5.92 Å². The molecule has 0 atom stereocenters. The van der Waals surface area contributed by atoms with Crippen LogP contribution >= 0.6 is 0 Å². The van der Waals surface area contributed by atoms with Crippen molar-refractivity contribution in [3.63, 3.8) is 0 Å². The van der Waals surface area contributed by atoms with Gasteiger partial charge in [-0.05, 0) is 44.2 Å². The van der Waals surface area contributed by atoms with Gasteiger partial charge in [-0.2, -0.15) is 0 Å². The van der Waals surface area contributed by atoms with Gasteiger partial charge in [-0.25, -0.2) is 9.97 Å². The molecule has 0 aliphatic carbocycles. The van der Waals surface area contributed by atoms with Gasteiger partial charge in [-0.15, -0.1) is 0 Å². The molecule has 8 heteroatoms. The fourth-order valence-electron chi connectivity index (χ4n) is 4.32. The Morgan fingerprint density at radius 2 is 1.61 bits per heavy atom. The largest absolute Gasteiger partial charge is 0.497 e. The number of methoxy groups -OCH3 is 2. The Balaban J connectivity index is 1.36. The van der Waals surface area contributed by atoms with Crippen molar-refractivity contribution < 1.29 is 14.3 Å². The van der Waals surface area contributed by atoms with E-state index in [2.05, 4.69) is 31.2 Å². The average molecular weight is 426 g/mol. The minimum absolute atomic E-state index is 0.0166. The van der Waals surface area contributed by atoms with Gasteiger partial charge >= 0.3 is 0 Å². The number of aromatic nitrogens is 2. The van der Waals surface area contributed by atoms with E-state index >= 15 is 0 Å². The molecular formula is C23H31N5O3. The molecule has 166 valence electrons. The molecule has 0 radical (unpaired) electrons. The van der Waals surface area contributed by atoms with Crippen LogP contribution in [-0.4, -0.2) is 56.3 Å². The van der Waals surface area contributed by atoms with Crippen LogP contribution in [0.1, 0.15) is 32.1 Å². The highest BCUT2D eigenvalue weighted by molar-refractivity contribution is 5.94. The lowest BCUT2D eigenvalue weighted by Crippen LogP contribution is -2.39. The molecule has 2 aliphatic rings. The molecule has 1 N–H and O–H groups in total. The van der Waals surface area contributed by atoms with Crippen LogP contribution < -0.4 is 24.6 Å². The summed E-state index contributed by atoms with van der Waals surface area (Å²) in [5.74, 6) is 3.23. The van der Waals surface area contributed by atoms with E-state index in [0.717, 1.165) is 50.7 Å². The summed E-state index contributed by atoms with van der Waals surface area (Å²) < 4.78 is 10.6. The molecular weight excluding hydrogens is 394 g/mol. The smallest absolute Gasteiger partial charge is 0.227 e. The van der Waals surface area contributed by atoms with E-state index in [-0.39, 0.29) is 11.8 Å². The van der Waals surface area contributed by atoms with Gasteiger partial charge in [0.1, 0.15) is 29.5 Å². The van der Waals surface area contributed by atoms with Gasteiger partial charge in [0.15, 0.2) is 0 Å². The van der Waals surface area contributed by atoms with Crippen molar-refractivity contribution in [2.75, 3.05) is 55.5 Å². The van der Waals surface area contributed by atoms with Crippen LogP contribution in [-0.2, 0) is 4.79 Å². The summed E-state index contributed by atoms with van der Waals surface area (Å²) in [5.41, 5.74) is 0.635. The molecule has 0 unspecified atom stereocenters. The number of piperidine rings is 2. The van der Waals surface area contributed by atoms with Crippen LogP contribution in [0.4, 0.5) is 17.3 Å².